The first kappa shape index (κ1) is 8.06. The fourth-order valence-corrected chi connectivity index (χ4v) is 1.77. The van der Waals surface area contributed by atoms with Gasteiger partial charge < -0.3 is 5.32 Å². The second-order valence-electron chi connectivity index (χ2n) is 4.22. The molecule has 1 heteroatoms. The van der Waals surface area contributed by atoms with Gasteiger partial charge in [0, 0.05) is 5.54 Å². The molecule has 0 amide bonds. The summed E-state index contributed by atoms with van der Waals surface area (Å²) in [6.45, 7) is 6.95. The Kier molecular flexibility index (Phi) is 2.04. The van der Waals surface area contributed by atoms with E-state index in [1.165, 1.54) is 12.8 Å². The SMILES string of the molecule is CNC1(C)CC(C(C)C)C1. The van der Waals surface area contributed by atoms with E-state index in [1.807, 2.05) is 0 Å². The van der Waals surface area contributed by atoms with E-state index in [-0.39, 0.29) is 0 Å². The molecule has 0 atom stereocenters. The molecule has 1 aliphatic rings. The highest BCUT2D eigenvalue weighted by molar-refractivity contribution is 4.97. The highest BCUT2D eigenvalue weighted by Gasteiger charge is 2.39. The minimum Gasteiger partial charge on any atom is -0.315 e. The van der Waals surface area contributed by atoms with Crippen LogP contribution in [0.5, 0.6) is 0 Å². The minimum absolute atomic E-state index is 0.467. The van der Waals surface area contributed by atoms with Crippen LogP contribution in [0, 0.1) is 11.8 Å². The van der Waals surface area contributed by atoms with Crippen LogP contribution in [0.1, 0.15) is 33.6 Å². The monoisotopic (exact) mass is 141 g/mol. The summed E-state index contributed by atoms with van der Waals surface area (Å²) in [6, 6.07) is 0. The summed E-state index contributed by atoms with van der Waals surface area (Å²) >= 11 is 0. The van der Waals surface area contributed by atoms with Gasteiger partial charge in [-0.3, -0.25) is 0 Å². The maximum atomic E-state index is 3.36. The van der Waals surface area contributed by atoms with E-state index in [2.05, 4.69) is 33.1 Å². The van der Waals surface area contributed by atoms with Gasteiger partial charge in [0.25, 0.3) is 0 Å². The predicted octanol–water partition coefficient (Wildman–Crippen LogP) is 2.03. The van der Waals surface area contributed by atoms with Crippen LogP contribution >= 0.6 is 0 Å². The maximum Gasteiger partial charge on any atom is 0.0155 e. The highest BCUT2D eigenvalue weighted by atomic mass is 15.0. The average molecular weight is 141 g/mol. The van der Waals surface area contributed by atoms with Crippen LogP contribution in [0.2, 0.25) is 0 Å². The van der Waals surface area contributed by atoms with Gasteiger partial charge in [-0.2, -0.15) is 0 Å². The summed E-state index contributed by atoms with van der Waals surface area (Å²) in [7, 11) is 2.07. The maximum absolute atomic E-state index is 3.36. The molecule has 0 spiro atoms. The zero-order chi connectivity index (χ0) is 7.78. The fraction of sp³-hybridized carbons (Fsp3) is 1.00. The lowest BCUT2D eigenvalue weighted by Crippen LogP contribution is -2.52. The van der Waals surface area contributed by atoms with Gasteiger partial charge in [0.05, 0.1) is 0 Å². The van der Waals surface area contributed by atoms with Gasteiger partial charge in [0.1, 0.15) is 0 Å². The van der Waals surface area contributed by atoms with Crippen molar-refractivity contribution in [3.63, 3.8) is 0 Å². The number of hydrogen-bond donors (Lipinski definition) is 1. The number of hydrogen-bond acceptors (Lipinski definition) is 1. The molecule has 0 radical (unpaired) electrons. The molecule has 0 saturated heterocycles. The van der Waals surface area contributed by atoms with Crippen LogP contribution in [0.3, 0.4) is 0 Å². The summed E-state index contributed by atoms with van der Waals surface area (Å²) in [5, 5.41) is 3.36. The normalized spacial score (nSPS) is 39.9. The molecular formula is C9H19N. The Bertz CT molecular complexity index is 112. The fourth-order valence-electron chi connectivity index (χ4n) is 1.77. The number of rotatable bonds is 2. The second-order valence-corrected chi connectivity index (χ2v) is 4.22. The predicted molar refractivity (Wildman–Crippen MR) is 45.0 cm³/mol. The smallest absolute Gasteiger partial charge is 0.0155 e. The van der Waals surface area contributed by atoms with E-state index in [9.17, 15) is 0 Å². The van der Waals surface area contributed by atoms with Crippen LogP contribution in [0.15, 0.2) is 0 Å². The Morgan fingerprint density at radius 3 is 2.20 bits per heavy atom. The average Bonchev–Trinajstić information content (AvgIpc) is 1.80. The molecule has 0 aromatic carbocycles. The van der Waals surface area contributed by atoms with Crippen LogP contribution in [0.25, 0.3) is 0 Å². The standard InChI is InChI=1S/C9H19N/c1-7(2)8-5-9(3,6-8)10-4/h7-8,10H,5-6H2,1-4H3. The molecule has 1 fully saturated rings. The Hall–Kier alpha value is -0.0400. The largest absolute Gasteiger partial charge is 0.315 e. The van der Waals surface area contributed by atoms with Crippen LogP contribution in [-0.4, -0.2) is 12.6 Å². The highest BCUT2D eigenvalue weighted by Crippen LogP contribution is 2.41. The molecule has 0 bridgehead atoms. The van der Waals surface area contributed by atoms with Crippen molar-refractivity contribution in [2.75, 3.05) is 7.05 Å². The molecule has 60 valence electrons. The molecule has 0 aromatic rings. The van der Waals surface area contributed by atoms with Gasteiger partial charge in [-0.05, 0) is 38.6 Å². The topological polar surface area (TPSA) is 12.0 Å². The van der Waals surface area contributed by atoms with Crippen molar-refractivity contribution in [1.29, 1.82) is 0 Å². The summed E-state index contributed by atoms with van der Waals surface area (Å²) in [5.41, 5.74) is 0.467. The minimum atomic E-state index is 0.467. The van der Waals surface area contributed by atoms with E-state index in [1.54, 1.807) is 0 Å². The molecule has 0 aliphatic heterocycles. The molecule has 1 nitrogen and oxygen atoms in total. The summed E-state index contributed by atoms with van der Waals surface area (Å²) in [6.07, 6.45) is 2.72. The van der Waals surface area contributed by atoms with Gasteiger partial charge in [-0.1, -0.05) is 13.8 Å². The zero-order valence-corrected chi connectivity index (χ0v) is 7.57. The third-order valence-electron chi connectivity index (χ3n) is 2.97. The molecule has 0 aromatic heterocycles. The molecule has 10 heavy (non-hydrogen) atoms. The quantitative estimate of drug-likeness (QED) is 0.620. The van der Waals surface area contributed by atoms with Gasteiger partial charge in [0.15, 0.2) is 0 Å². The van der Waals surface area contributed by atoms with E-state index in [0.29, 0.717) is 5.54 Å². The third kappa shape index (κ3) is 1.34. The van der Waals surface area contributed by atoms with Crippen LogP contribution in [-0.2, 0) is 0 Å². The number of nitrogens with one attached hydrogen (secondary N) is 1. The van der Waals surface area contributed by atoms with Crippen molar-refractivity contribution in [2.45, 2.75) is 39.2 Å². The van der Waals surface area contributed by atoms with E-state index < -0.39 is 0 Å². The molecule has 1 aliphatic carbocycles. The molecule has 1 saturated carbocycles. The lowest BCUT2D eigenvalue weighted by Gasteiger charge is -2.47. The van der Waals surface area contributed by atoms with Crippen LogP contribution < -0.4 is 5.32 Å². The van der Waals surface area contributed by atoms with E-state index in [4.69, 9.17) is 0 Å². The van der Waals surface area contributed by atoms with Crippen molar-refractivity contribution in [3.8, 4) is 0 Å². The Morgan fingerprint density at radius 2 is 1.90 bits per heavy atom. The van der Waals surface area contributed by atoms with Crippen LogP contribution in [0.4, 0.5) is 0 Å². The van der Waals surface area contributed by atoms with E-state index >= 15 is 0 Å². The summed E-state index contributed by atoms with van der Waals surface area (Å²) < 4.78 is 0. The molecule has 0 unspecified atom stereocenters. The zero-order valence-electron chi connectivity index (χ0n) is 7.57. The molecular weight excluding hydrogens is 122 g/mol. The van der Waals surface area contributed by atoms with Crippen molar-refractivity contribution in [2.24, 2.45) is 11.8 Å². The van der Waals surface area contributed by atoms with E-state index in [0.717, 1.165) is 11.8 Å². The van der Waals surface area contributed by atoms with Crippen molar-refractivity contribution < 1.29 is 0 Å². The molecule has 0 heterocycles. The molecule has 1 N–H and O–H groups in total. The lowest BCUT2D eigenvalue weighted by atomic mass is 9.65. The lowest BCUT2D eigenvalue weighted by molar-refractivity contribution is 0.0932. The Balaban J connectivity index is 2.29. The third-order valence-corrected chi connectivity index (χ3v) is 2.97. The molecule has 1 rings (SSSR count). The van der Waals surface area contributed by atoms with Crippen molar-refractivity contribution in [1.82, 2.24) is 5.32 Å². The van der Waals surface area contributed by atoms with Gasteiger partial charge in [-0.25, -0.2) is 0 Å². The first-order chi connectivity index (χ1) is 4.57. The van der Waals surface area contributed by atoms with Gasteiger partial charge >= 0.3 is 0 Å². The first-order valence-electron chi connectivity index (χ1n) is 4.26. The Morgan fingerprint density at radius 1 is 1.40 bits per heavy atom. The second kappa shape index (κ2) is 2.54. The summed E-state index contributed by atoms with van der Waals surface area (Å²) in [5.74, 6) is 1.85. The van der Waals surface area contributed by atoms with Gasteiger partial charge in [-0.15, -0.1) is 0 Å². The Labute approximate surface area is 64.2 Å². The van der Waals surface area contributed by atoms with Crippen molar-refractivity contribution >= 4 is 0 Å². The first-order valence-corrected chi connectivity index (χ1v) is 4.26. The summed E-state index contributed by atoms with van der Waals surface area (Å²) in [4.78, 5) is 0. The van der Waals surface area contributed by atoms with Crippen molar-refractivity contribution in [3.05, 3.63) is 0 Å². The van der Waals surface area contributed by atoms with Gasteiger partial charge in [0.2, 0.25) is 0 Å².